The van der Waals surface area contributed by atoms with Gasteiger partial charge in [0.15, 0.2) is 10.3 Å². The zero-order valence-corrected chi connectivity index (χ0v) is 17.2. The predicted octanol–water partition coefficient (Wildman–Crippen LogP) is 4.12. The van der Waals surface area contributed by atoms with Gasteiger partial charge in [-0.25, -0.2) is 9.97 Å². The molecular weight excluding hydrogens is 382 g/mol. The summed E-state index contributed by atoms with van der Waals surface area (Å²) in [5.74, 6) is 0.486. The van der Waals surface area contributed by atoms with Crippen LogP contribution in [-0.2, 0) is 0 Å². The lowest BCUT2D eigenvalue weighted by Crippen LogP contribution is -2.17. The molecule has 142 valence electrons. The smallest absolute Gasteiger partial charge is 0.251 e. The highest BCUT2D eigenvalue weighted by Gasteiger charge is 2.15. The number of amides is 1. The lowest BCUT2D eigenvalue weighted by Gasteiger charge is -2.10. The van der Waals surface area contributed by atoms with Gasteiger partial charge in [0.1, 0.15) is 5.75 Å². The van der Waals surface area contributed by atoms with E-state index in [9.17, 15) is 4.79 Å². The Balaban J connectivity index is 1.86. The minimum atomic E-state index is -0.156. The van der Waals surface area contributed by atoms with E-state index in [1.54, 1.807) is 43.7 Å². The number of methoxy groups -OCH3 is 1. The summed E-state index contributed by atoms with van der Waals surface area (Å²) in [7, 11) is 3.20. The highest BCUT2D eigenvalue weighted by Crippen LogP contribution is 2.36. The number of hydrogen-bond acceptors (Lipinski definition) is 8. The number of aromatic nitrogens is 2. The molecule has 0 bridgehead atoms. The molecule has 0 saturated heterocycles. The molecule has 0 saturated carbocycles. The van der Waals surface area contributed by atoms with E-state index in [2.05, 4.69) is 25.9 Å². The average Bonchev–Trinajstić information content (AvgIpc) is 3.27. The van der Waals surface area contributed by atoms with Gasteiger partial charge in [0.05, 0.1) is 29.1 Å². The van der Waals surface area contributed by atoms with Crippen LogP contribution in [0.25, 0.3) is 10.6 Å². The standard InChI is InChI=1S/C18H21N5O2S2/c1-5-20-17-21-10(2)15(27-17)13-9-26-18(23-13)22-12-8-11(16(24)19-3)6-7-14(12)25-4/h6-9H,5H2,1-4H3,(H,19,24)(H,20,21)(H,22,23). The van der Waals surface area contributed by atoms with Crippen molar-refractivity contribution in [3.63, 3.8) is 0 Å². The van der Waals surface area contributed by atoms with E-state index in [1.807, 2.05) is 19.2 Å². The second kappa shape index (κ2) is 8.36. The van der Waals surface area contributed by atoms with Crippen molar-refractivity contribution in [2.24, 2.45) is 0 Å². The van der Waals surface area contributed by atoms with Crippen molar-refractivity contribution in [2.45, 2.75) is 13.8 Å². The van der Waals surface area contributed by atoms with Crippen molar-refractivity contribution in [3.8, 4) is 16.3 Å². The summed E-state index contributed by atoms with van der Waals surface area (Å²) in [6.45, 7) is 4.86. The van der Waals surface area contributed by atoms with Gasteiger partial charge in [-0.05, 0) is 32.0 Å². The minimum absolute atomic E-state index is 0.156. The summed E-state index contributed by atoms with van der Waals surface area (Å²) < 4.78 is 5.39. The fourth-order valence-corrected chi connectivity index (χ4v) is 4.29. The summed E-state index contributed by atoms with van der Waals surface area (Å²) in [5.41, 5.74) is 3.06. The third-order valence-corrected chi connectivity index (χ3v) is 5.69. The number of nitrogens with zero attached hydrogens (tertiary/aromatic N) is 2. The van der Waals surface area contributed by atoms with Gasteiger partial charge in [-0.1, -0.05) is 11.3 Å². The number of hydrogen-bond donors (Lipinski definition) is 3. The van der Waals surface area contributed by atoms with Crippen molar-refractivity contribution in [2.75, 3.05) is 31.3 Å². The zero-order chi connectivity index (χ0) is 19.4. The van der Waals surface area contributed by atoms with Gasteiger partial charge in [-0.3, -0.25) is 4.79 Å². The van der Waals surface area contributed by atoms with E-state index in [0.717, 1.165) is 33.1 Å². The lowest BCUT2D eigenvalue weighted by molar-refractivity contribution is 0.0963. The molecule has 3 rings (SSSR count). The van der Waals surface area contributed by atoms with E-state index < -0.39 is 0 Å². The molecule has 0 aliphatic heterocycles. The Bertz CT molecular complexity index is 951. The normalized spacial score (nSPS) is 10.5. The molecule has 3 aromatic rings. The molecule has 9 heteroatoms. The summed E-state index contributed by atoms with van der Waals surface area (Å²) >= 11 is 3.08. The Hall–Kier alpha value is -2.65. The van der Waals surface area contributed by atoms with Crippen LogP contribution in [0.3, 0.4) is 0 Å². The van der Waals surface area contributed by atoms with Crippen molar-refractivity contribution in [1.29, 1.82) is 0 Å². The molecule has 2 heterocycles. The maximum Gasteiger partial charge on any atom is 0.251 e. The quantitative estimate of drug-likeness (QED) is 0.550. The van der Waals surface area contributed by atoms with Gasteiger partial charge in [0.25, 0.3) is 5.91 Å². The minimum Gasteiger partial charge on any atom is -0.495 e. The molecule has 1 aromatic carbocycles. The summed E-state index contributed by atoms with van der Waals surface area (Å²) in [6.07, 6.45) is 0. The molecule has 0 atom stereocenters. The Labute approximate surface area is 165 Å². The van der Waals surface area contributed by atoms with Crippen LogP contribution in [-0.4, -0.2) is 36.6 Å². The Kier molecular flexibility index (Phi) is 5.92. The van der Waals surface area contributed by atoms with E-state index in [0.29, 0.717) is 17.0 Å². The number of aryl methyl sites for hydroxylation is 1. The molecule has 0 aliphatic rings. The number of rotatable bonds is 7. The van der Waals surface area contributed by atoms with Crippen molar-refractivity contribution in [3.05, 3.63) is 34.8 Å². The predicted molar refractivity (Wildman–Crippen MR) is 112 cm³/mol. The molecule has 7 nitrogen and oxygen atoms in total. The van der Waals surface area contributed by atoms with E-state index in [1.165, 1.54) is 11.3 Å². The van der Waals surface area contributed by atoms with Crippen LogP contribution >= 0.6 is 22.7 Å². The molecule has 1 amide bonds. The van der Waals surface area contributed by atoms with E-state index in [4.69, 9.17) is 4.74 Å². The molecule has 0 spiro atoms. The van der Waals surface area contributed by atoms with Crippen LogP contribution in [0, 0.1) is 6.92 Å². The molecule has 2 aromatic heterocycles. The van der Waals surface area contributed by atoms with Gasteiger partial charge in [-0.15, -0.1) is 11.3 Å². The number of benzene rings is 1. The Morgan fingerprint density at radius 2 is 2.07 bits per heavy atom. The van der Waals surface area contributed by atoms with Crippen molar-refractivity contribution < 1.29 is 9.53 Å². The fourth-order valence-electron chi connectivity index (χ4n) is 2.50. The van der Waals surface area contributed by atoms with Crippen LogP contribution in [0.5, 0.6) is 5.75 Å². The third kappa shape index (κ3) is 4.20. The van der Waals surface area contributed by atoms with Crippen LogP contribution in [0.2, 0.25) is 0 Å². The van der Waals surface area contributed by atoms with Crippen LogP contribution in [0.1, 0.15) is 23.0 Å². The van der Waals surface area contributed by atoms with Gasteiger partial charge < -0.3 is 20.7 Å². The average molecular weight is 404 g/mol. The highest BCUT2D eigenvalue weighted by atomic mass is 32.1. The second-order valence-corrected chi connectivity index (χ2v) is 7.48. The lowest BCUT2D eigenvalue weighted by atomic mass is 10.1. The number of carbonyl (C=O) groups excluding carboxylic acids is 1. The van der Waals surface area contributed by atoms with Crippen molar-refractivity contribution in [1.82, 2.24) is 15.3 Å². The summed E-state index contributed by atoms with van der Waals surface area (Å²) in [5, 5.41) is 12.7. The first-order valence-electron chi connectivity index (χ1n) is 8.40. The van der Waals surface area contributed by atoms with Crippen molar-refractivity contribution >= 4 is 44.5 Å². The number of thiazole rings is 2. The number of ether oxygens (including phenoxy) is 1. The largest absolute Gasteiger partial charge is 0.495 e. The molecular formula is C18H21N5O2S2. The Morgan fingerprint density at radius 3 is 2.78 bits per heavy atom. The van der Waals surface area contributed by atoms with Gasteiger partial charge >= 0.3 is 0 Å². The fraction of sp³-hybridized carbons (Fsp3) is 0.278. The summed E-state index contributed by atoms with van der Waals surface area (Å²) in [4.78, 5) is 22.1. The molecule has 3 N–H and O–H groups in total. The first-order valence-corrected chi connectivity index (χ1v) is 10.1. The highest BCUT2D eigenvalue weighted by molar-refractivity contribution is 7.19. The Morgan fingerprint density at radius 1 is 1.26 bits per heavy atom. The van der Waals surface area contributed by atoms with Gasteiger partial charge in [0, 0.05) is 24.5 Å². The van der Waals surface area contributed by atoms with E-state index >= 15 is 0 Å². The first kappa shape index (κ1) is 19.1. The monoisotopic (exact) mass is 403 g/mol. The van der Waals surface area contributed by atoms with Crippen LogP contribution < -0.4 is 20.7 Å². The zero-order valence-electron chi connectivity index (χ0n) is 15.5. The molecule has 0 aliphatic carbocycles. The van der Waals surface area contributed by atoms with Crippen LogP contribution in [0.15, 0.2) is 23.6 Å². The van der Waals surface area contributed by atoms with Gasteiger partial charge in [-0.2, -0.15) is 0 Å². The summed E-state index contributed by atoms with van der Waals surface area (Å²) in [6, 6.07) is 5.23. The van der Waals surface area contributed by atoms with E-state index in [-0.39, 0.29) is 5.91 Å². The topological polar surface area (TPSA) is 88.2 Å². The molecule has 0 fully saturated rings. The third-order valence-electron chi connectivity index (χ3n) is 3.79. The SMILES string of the molecule is CCNc1nc(C)c(-c2csc(Nc3cc(C(=O)NC)ccc3OC)n2)s1. The molecule has 0 radical (unpaired) electrons. The molecule has 0 unspecified atom stereocenters. The van der Waals surface area contributed by atoms with Gasteiger partial charge in [0.2, 0.25) is 0 Å². The first-order chi connectivity index (χ1) is 13.0. The molecule has 27 heavy (non-hydrogen) atoms. The maximum atomic E-state index is 11.9. The second-order valence-electron chi connectivity index (χ2n) is 5.62. The number of nitrogens with one attached hydrogen (secondary N) is 3. The number of anilines is 3. The maximum absolute atomic E-state index is 11.9. The number of carbonyl (C=O) groups is 1. The van der Waals surface area contributed by atoms with Crippen LogP contribution in [0.4, 0.5) is 16.0 Å².